The SMILES string of the molecule is O=C(/C=C/c1ccc(O)cc1)O[C@@H]1C(O)[C@H](O)C(CO)O[C@H]1Oc1c(-c2ccc(O)cc2)oc2cc(O)cc(O)c2c1=O. The van der Waals surface area contributed by atoms with E-state index in [1.165, 1.54) is 54.6 Å². The Hall–Kier alpha value is -5.08. The number of aliphatic hydroxyl groups excluding tert-OH is 3. The first-order valence-corrected chi connectivity index (χ1v) is 12.8. The fourth-order valence-corrected chi connectivity index (χ4v) is 4.49. The van der Waals surface area contributed by atoms with Gasteiger partial charge in [-0.05, 0) is 48.0 Å². The Kier molecular flexibility index (Phi) is 8.23. The highest BCUT2D eigenvalue weighted by Gasteiger charge is 2.48. The Balaban J connectivity index is 1.55. The summed E-state index contributed by atoms with van der Waals surface area (Å²) in [6, 6.07) is 13.2. The van der Waals surface area contributed by atoms with Crippen molar-refractivity contribution in [3.63, 3.8) is 0 Å². The first-order valence-electron chi connectivity index (χ1n) is 12.8. The van der Waals surface area contributed by atoms with E-state index >= 15 is 0 Å². The summed E-state index contributed by atoms with van der Waals surface area (Å²) in [5.41, 5.74) is -0.422. The third-order valence-corrected chi connectivity index (χ3v) is 6.66. The Bertz CT molecular complexity index is 1710. The summed E-state index contributed by atoms with van der Waals surface area (Å²) in [7, 11) is 0. The van der Waals surface area contributed by atoms with Crippen LogP contribution < -0.4 is 10.2 Å². The fourth-order valence-electron chi connectivity index (χ4n) is 4.49. The molecule has 5 rings (SSSR count). The number of aromatic hydroxyl groups is 4. The average molecular weight is 595 g/mol. The van der Waals surface area contributed by atoms with Gasteiger partial charge in [-0.25, -0.2) is 4.79 Å². The molecular weight excluding hydrogens is 568 g/mol. The summed E-state index contributed by atoms with van der Waals surface area (Å²) in [4.78, 5) is 26.4. The molecule has 43 heavy (non-hydrogen) atoms. The number of aliphatic hydroxyl groups is 3. The van der Waals surface area contributed by atoms with Crippen LogP contribution in [0.4, 0.5) is 0 Å². The van der Waals surface area contributed by atoms with Gasteiger partial charge in [-0.15, -0.1) is 0 Å². The predicted octanol–water partition coefficient (Wildman–Crippen LogP) is 1.73. The van der Waals surface area contributed by atoms with Crippen LogP contribution in [0.1, 0.15) is 5.56 Å². The van der Waals surface area contributed by atoms with Crippen LogP contribution >= 0.6 is 0 Å². The number of hydrogen-bond acceptors (Lipinski definition) is 13. The Morgan fingerprint density at radius 3 is 2.19 bits per heavy atom. The Labute approximate surface area is 242 Å². The molecule has 0 amide bonds. The maximum atomic E-state index is 13.7. The first kappa shape index (κ1) is 29.4. The molecule has 0 radical (unpaired) electrons. The third-order valence-electron chi connectivity index (χ3n) is 6.66. The summed E-state index contributed by atoms with van der Waals surface area (Å²) in [5.74, 6) is -2.94. The number of phenolic OH excluding ortho intramolecular Hbond substituents is 4. The average Bonchev–Trinajstić information content (AvgIpc) is 2.97. The number of phenols is 4. The molecule has 1 fully saturated rings. The van der Waals surface area contributed by atoms with Gasteiger partial charge in [0.05, 0.1) is 6.61 Å². The van der Waals surface area contributed by atoms with Gasteiger partial charge in [0, 0.05) is 23.8 Å². The normalized spacial score (nSPS) is 22.1. The van der Waals surface area contributed by atoms with Crippen molar-refractivity contribution in [2.45, 2.75) is 30.7 Å². The van der Waals surface area contributed by atoms with Gasteiger partial charge >= 0.3 is 5.97 Å². The van der Waals surface area contributed by atoms with Crippen LogP contribution in [0.15, 0.2) is 76.0 Å². The molecular formula is C30H26O13. The maximum absolute atomic E-state index is 13.7. The van der Waals surface area contributed by atoms with Gasteiger partial charge in [-0.1, -0.05) is 12.1 Å². The number of carbonyl (C=O) groups excluding carboxylic acids is 1. The van der Waals surface area contributed by atoms with Crippen LogP contribution in [0.3, 0.4) is 0 Å². The number of benzene rings is 3. The standard InChI is InChI=1S/C30H26O13/c31-13-21-24(37)26(39)29(42-22(36)10-3-14-1-6-16(32)7-2-14)30(41-21)43-28-25(38)23-19(35)11-18(34)12-20(23)40-27(28)15-4-8-17(33)9-5-15/h1-12,21,24,26,29-35,37,39H,13H2/b10-3+/t21?,24-,26?,29-,30+/m1/s1. The van der Waals surface area contributed by atoms with E-state index in [1.807, 2.05) is 0 Å². The van der Waals surface area contributed by atoms with Crippen molar-refractivity contribution in [1.82, 2.24) is 0 Å². The summed E-state index contributed by atoms with van der Waals surface area (Å²) in [5, 5.41) is 70.2. The molecule has 7 N–H and O–H groups in total. The Morgan fingerprint density at radius 2 is 1.53 bits per heavy atom. The molecule has 3 aromatic carbocycles. The molecule has 0 aliphatic carbocycles. The third kappa shape index (κ3) is 6.10. The number of fused-ring (bicyclic) bond motifs is 1. The highest BCUT2D eigenvalue weighted by Crippen LogP contribution is 2.37. The largest absolute Gasteiger partial charge is 0.508 e. The van der Waals surface area contributed by atoms with Crippen LogP contribution in [0.25, 0.3) is 28.4 Å². The zero-order valence-corrected chi connectivity index (χ0v) is 22.1. The molecule has 0 saturated carbocycles. The van der Waals surface area contributed by atoms with Crippen LogP contribution in [0, 0.1) is 0 Å². The van der Waals surface area contributed by atoms with E-state index < -0.39 is 66.0 Å². The predicted molar refractivity (Wildman–Crippen MR) is 148 cm³/mol. The summed E-state index contributed by atoms with van der Waals surface area (Å²) in [6.07, 6.45) is -6.16. The van der Waals surface area contributed by atoms with E-state index in [4.69, 9.17) is 18.6 Å². The number of hydrogen-bond donors (Lipinski definition) is 7. The summed E-state index contributed by atoms with van der Waals surface area (Å²) >= 11 is 0. The number of esters is 1. The van der Waals surface area contributed by atoms with Crippen molar-refractivity contribution < 1.29 is 59.2 Å². The molecule has 224 valence electrons. The second kappa shape index (κ2) is 12.0. The highest BCUT2D eigenvalue weighted by atomic mass is 16.7. The lowest BCUT2D eigenvalue weighted by molar-refractivity contribution is -0.281. The maximum Gasteiger partial charge on any atom is 0.331 e. The van der Waals surface area contributed by atoms with Gasteiger partial charge in [-0.3, -0.25) is 4.79 Å². The monoisotopic (exact) mass is 594 g/mol. The topological polar surface area (TPSA) is 217 Å². The van der Waals surface area contributed by atoms with Crippen LogP contribution in [0.2, 0.25) is 0 Å². The smallest absolute Gasteiger partial charge is 0.331 e. The number of ether oxygens (including phenoxy) is 3. The molecule has 1 saturated heterocycles. The first-order chi connectivity index (χ1) is 20.5. The van der Waals surface area contributed by atoms with E-state index in [0.29, 0.717) is 5.56 Å². The second-order valence-electron chi connectivity index (χ2n) is 9.63. The molecule has 0 bridgehead atoms. The summed E-state index contributed by atoms with van der Waals surface area (Å²) in [6.45, 7) is -0.781. The summed E-state index contributed by atoms with van der Waals surface area (Å²) < 4.78 is 22.7. The van der Waals surface area contributed by atoms with Crippen molar-refractivity contribution >= 4 is 23.0 Å². The lowest BCUT2D eigenvalue weighted by Gasteiger charge is -2.41. The van der Waals surface area contributed by atoms with Gasteiger partial charge in [0.15, 0.2) is 11.9 Å². The lowest BCUT2D eigenvalue weighted by Crippen LogP contribution is -2.61. The van der Waals surface area contributed by atoms with E-state index in [0.717, 1.165) is 18.2 Å². The van der Waals surface area contributed by atoms with Crippen molar-refractivity contribution in [3.8, 4) is 40.1 Å². The molecule has 1 aliphatic heterocycles. The second-order valence-corrected chi connectivity index (χ2v) is 9.63. The van der Waals surface area contributed by atoms with Crippen LogP contribution in [0.5, 0.6) is 28.7 Å². The van der Waals surface area contributed by atoms with Crippen LogP contribution in [-0.2, 0) is 14.3 Å². The quantitative estimate of drug-likeness (QED) is 0.120. The molecule has 1 aliphatic rings. The molecule has 2 heterocycles. The van der Waals surface area contributed by atoms with Crippen molar-refractivity contribution in [2.24, 2.45) is 0 Å². The molecule has 4 aromatic rings. The zero-order valence-electron chi connectivity index (χ0n) is 22.1. The lowest BCUT2D eigenvalue weighted by atomic mass is 9.99. The fraction of sp³-hybridized carbons (Fsp3) is 0.200. The molecule has 13 heteroatoms. The van der Waals surface area contributed by atoms with E-state index in [9.17, 15) is 45.3 Å². The van der Waals surface area contributed by atoms with Crippen molar-refractivity contribution in [2.75, 3.05) is 6.61 Å². The minimum Gasteiger partial charge on any atom is -0.508 e. The Morgan fingerprint density at radius 1 is 0.884 bits per heavy atom. The van der Waals surface area contributed by atoms with Crippen molar-refractivity contribution in [1.29, 1.82) is 0 Å². The van der Waals surface area contributed by atoms with E-state index in [1.54, 1.807) is 0 Å². The van der Waals surface area contributed by atoms with Crippen LogP contribution in [-0.4, -0.2) is 79.0 Å². The molecule has 13 nitrogen and oxygen atoms in total. The highest BCUT2D eigenvalue weighted by molar-refractivity contribution is 5.88. The molecule has 2 unspecified atom stereocenters. The van der Waals surface area contributed by atoms with Gasteiger partial charge < -0.3 is 54.4 Å². The van der Waals surface area contributed by atoms with Gasteiger partial charge in [0.2, 0.25) is 17.5 Å². The number of carbonyl (C=O) groups is 1. The van der Waals surface area contributed by atoms with Gasteiger partial charge in [-0.2, -0.15) is 0 Å². The van der Waals surface area contributed by atoms with Crippen molar-refractivity contribution in [3.05, 3.63) is 82.5 Å². The molecule has 1 aromatic heterocycles. The molecule has 5 atom stereocenters. The number of rotatable bonds is 7. The van der Waals surface area contributed by atoms with Gasteiger partial charge in [0.25, 0.3) is 0 Å². The minimum absolute atomic E-state index is 0.0181. The van der Waals surface area contributed by atoms with E-state index in [-0.39, 0.29) is 33.8 Å². The van der Waals surface area contributed by atoms with E-state index in [2.05, 4.69) is 0 Å². The molecule has 0 spiro atoms. The minimum atomic E-state index is -1.85. The zero-order chi connectivity index (χ0) is 30.8. The van der Waals surface area contributed by atoms with Gasteiger partial charge in [0.1, 0.15) is 52.3 Å².